The van der Waals surface area contributed by atoms with Crippen molar-refractivity contribution >= 4 is 38.1 Å². The van der Waals surface area contributed by atoms with Gasteiger partial charge in [0.25, 0.3) is 5.56 Å². The molecular formula is C23H26N6O4S2. The second-order valence-electron chi connectivity index (χ2n) is 8.44. The Morgan fingerprint density at radius 3 is 2.54 bits per heavy atom. The zero-order chi connectivity index (χ0) is 24.7. The largest absolute Gasteiger partial charge is 0.505 e. The average Bonchev–Trinajstić information content (AvgIpc) is 3.40. The molecule has 1 fully saturated rings. The maximum absolute atomic E-state index is 13.4. The van der Waals surface area contributed by atoms with E-state index in [0.717, 1.165) is 23.4 Å². The lowest BCUT2D eigenvalue weighted by Crippen LogP contribution is -2.48. The molecule has 184 valence electrons. The lowest BCUT2D eigenvalue weighted by atomic mass is 10.2. The van der Waals surface area contributed by atoms with E-state index in [1.807, 2.05) is 37.3 Å². The average molecular weight is 515 g/mol. The van der Waals surface area contributed by atoms with Crippen molar-refractivity contribution in [2.45, 2.75) is 24.7 Å². The number of para-hydroxylation sites is 1. The molecule has 0 saturated carbocycles. The van der Waals surface area contributed by atoms with E-state index in [-0.39, 0.29) is 15.6 Å². The van der Waals surface area contributed by atoms with Gasteiger partial charge in [-0.3, -0.25) is 9.48 Å². The summed E-state index contributed by atoms with van der Waals surface area (Å²) in [6.07, 6.45) is 1.48. The highest BCUT2D eigenvalue weighted by atomic mass is 32.2. The van der Waals surface area contributed by atoms with E-state index in [2.05, 4.69) is 20.0 Å². The zero-order valence-electron chi connectivity index (χ0n) is 19.4. The minimum atomic E-state index is -3.92. The molecule has 0 bridgehead atoms. The molecule has 35 heavy (non-hydrogen) atoms. The number of aryl methyl sites for hydroxylation is 2. The molecule has 0 atom stereocenters. The first kappa shape index (κ1) is 23.5. The number of benzene rings is 1. The molecule has 2 N–H and O–H groups in total. The van der Waals surface area contributed by atoms with E-state index in [1.54, 1.807) is 7.05 Å². The molecule has 10 nitrogen and oxygen atoms in total. The van der Waals surface area contributed by atoms with Crippen molar-refractivity contribution in [1.29, 1.82) is 0 Å². The van der Waals surface area contributed by atoms with Crippen molar-refractivity contribution in [2.24, 2.45) is 7.05 Å². The van der Waals surface area contributed by atoms with Crippen molar-refractivity contribution in [1.82, 2.24) is 24.1 Å². The molecule has 1 saturated heterocycles. The predicted octanol–water partition coefficient (Wildman–Crippen LogP) is 2.55. The highest BCUT2D eigenvalue weighted by molar-refractivity contribution is 7.89. The van der Waals surface area contributed by atoms with E-state index in [4.69, 9.17) is 0 Å². The fourth-order valence-electron chi connectivity index (χ4n) is 4.41. The van der Waals surface area contributed by atoms with Gasteiger partial charge >= 0.3 is 0 Å². The maximum atomic E-state index is 13.4. The number of aromatic nitrogens is 4. The SMILES string of the molecule is CCCc1nn(C)c2c(=O)[nH]c(-c3scc(S(=O)(=O)N4CCN(c5ccccc5)CC4)c3O)nc12. The van der Waals surface area contributed by atoms with Gasteiger partial charge in [0.15, 0.2) is 17.1 Å². The van der Waals surface area contributed by atoms with E-state index in [9.17, 15) is 18.3 Å². The molecule has 1 aromatic carbocycles. The van der Waals surface area contributed by atoms with Crippen molar-refractivity contribution in [3.8, 4) is 16.5 Å². The Hall–Kier alpha value is -3.22. The molecule has 0 aliphatic carbocycles. The molecule has 1 aliphatic rings. The van der Waals surface area contributed by atoms with Crippen LogP contribution >= 0.6 is 11.3 Å². The van der Waals surface area contributed by atoms with Crippen molar-refractivity contribution in [3.05, 3.63) is 51.8 Å². The summed E-state index contributed by atoms with van der Waals surface area (Å²) in [5.41, 5.74) is 2.15. The number of aromatic hydroxyl groups is 1. The third-order valence-electron chi connectivity index (χ3n) is 6.17. The van der Waals surface area contributed by atoms with Gasteiger partial charge in [-0.2, -0.15) is 9.40 Å². The topological polar surface area (TPSA) is 124 Å². The summed E-state index contributed by atoms with van der Waals surface area (Å²) in [6.45, 7) is 3.72. The van der Waals surface area contributed by atoms with Crippen LogP contribution in [0.5, 0.6) is 5.75 Å². The first-order valence-electron chi connectivity index (χ1n) is 11.4. The molecule has 4 aromatic rings. The number of nitrogens with zero attached hydrogens (tertiary/aromatic N) is 5. The fourth-order valence-corrected chi connectivity index (χ4v) is 7.14. The van der Waals surface area contributed by atoms with Crippen molar-refractivity contribution < 1.29 is 13.5 Å². The number of H-pyrrole nitrogens is 1. The predicted molar refractivity (Wildman–Crippen MR) is 136 cm³/mol. The highest BCUT2D eigenvalue weighted by Gasteiger charge is 2.33. The van der Waals surface area contributed by atoms with Crippen LogP contribution in [0.15, 0.2) is 45.4 Å². The Kier molecular flexibility index (Phi) is 6.11. The van der Waals surface area contributed by atoms with Gasteiger partial charge in [-0.15, -0.1) is 11.3 Å². The number of thiophene rings is 1. The summed E-state index contributed by atoms with van der Waals surface area (Å²) >= 11 is 1.03. The van der Waals surface area contributed by atoms with Crippen LogP contribution in [0.4, 0.5) is 5.69 Å². The highest BCUT2D eigenvalue weighted by Crippen LogP contribution is 2.40. The zero-order valence-corrected chi connectivity index (χ0v) is 21.1. The standard InChI is InChI=1S/C23H26N6O4S2/c1-3-7-16-18-19(27(2)26-16)23(31)25-22(24-18)21-20(30)17(14-34-21)35(32,33)29-12-10-28(11-13-29)15-8-5-4-6-9-15/h4-6,8-9,14,30H,3,7,10-13H2,1-2H3,(H,24,25,31). The smallest absolute Gasteiger partial charge is 0.277 e. The summed E-state index contributed by atoms with van der Waals surface area (Å²) in [5, 5.41) is 16.7. The van der Waals surface area contributed by atoms with Crippen molar-refractivity contribution in [2.75, 3.05) is 31.1 Å². The van der Waals surface area contributed by atoms with Crippen LogP contribution in [0.3, 0.4) is 0 Å². The Bertz CT molecular complexity index is 1530. The number of sulfonamides is 1. The number of fused-ring (bicyclic) bond motifs is 1. The summed E-state index contributed by atoms with van der Waals surface area (Å²) in [6, 6.07) is 9.85. The first-order valence-corrected chi connectivity index (χ1v) is 13.7. The lowest BCUT2D eigenvalue weighted by Gasteiger charge is -2.35. The maximum Gasteiger partial charge on any atom is 0.277 e. The number of hydrogen-bond donors (Lipinski definition) is 2. The Morgan fingerprint density at radius 1 is 1.14 bits per heavy atom. The van der Waals surface area contributed by atoms with Crippen LogP contribution in [-0.4, -0.2) is 63.8 Å². The van der Waals surface area contributed by atoms with Crippen LogP contribution in [0.25, 0.3) is 21.7 Å². The number of aromatic amines is 1. The normalized spacial score (nSPS) is 15.2. The fraction of sp³-hybridized carbons (Fsp3) is 0.348. The second-order valence-corrected chi connectivity index (χ2v) is 11.2. The molecule has 3 aromatic heterocycles. The van der Waals surface area contributed by atoms with E-state index >= 15 is 0 Å². The molecule has 1 aliphatic heterocycles. The van der Waals surface area contributed by atoms with Crippen LogP contribution in [0.1, 0.15) is 19.0 Å². The Balaban J connectivity index is 1.44. The summed E-state index contributed by atoms with van der Waals surface area (Å²) in [4.78, 5) is 22.2. The Morgan fingerprint density at radius 2 is 1.86 bits per heavy atom. The summed E-state index contributed by atoms with van der Waals surface area (Å²) in [7, 11) is -2.24. The molecule has 0 amide bonds. The molecule has 0 unspecified atom stereocenters. The van der Waals surface area contributed by atoms with Crippen LogP contribution in [-0.2, 0) is 23.5 Å². The number of rotatable bonds is 6. The van der Waals surface area contributed by atoms with Crippen LogP contribution in [0.2, 0.25) is 0 Å². The second kappa shape index (κ2) is 9.10. The van der Waals surface area contributed by atoms with Gasteiger partial charge in [0.1, 0.15) is 15.3 Å². The van der Waals surface area contributed by atoms with E-state index < -0.39 is 21.3 Å². The minimum Gasteiger partial charge on any atom is -0.505 e. The van der Waals surface area contributed by atoms with Crippen molar-refractivity contribution in [3.63, 3.8) is 0 Å². The van der Waals surface area contributed by atoms with Gasteiger partial charge in [0.05, 0.1) is 5.69 Å². The number of nitrogens with one attached hydrogen (secondary N) is 1. The van der Waals surface area contributed by atoms with E-state index in [1.165, 1.54) is 14.4 Å². The molecule has 0 spiro atoms. The van der Waals surface area contributed by atoms with E-state index in [0.29, 0.717) is 49.3 Å². The first-order chi connectivity index (χ1) is 16.8. The van der Waals surface area contributed by atoms with Gasteiger partial charge in [0, 0.05) is 44.3 Å². The molecule has 5 rings (SSSR count). The lowest BCUT2D eigenvalue weighted by molar-refractivity contribution is 0.381. The third-order valence-corrected chi connectivity index (χ3v) is 9.21. The van der Waals surface area contributed by atoms with Gasteiger partial charge in [0.2, 0.25) is 10.0 Å². The monoisotopic (exact) mass is 514 g/mol. The molecular weight excluding hydrogens is 488 g/mol. The van der Waals surface area contributed by atoms with Gasteiger partial charge < -0.3 is 15.0 Å². The molecule has 4 heterocycles. The number of anilines is 1. The number of piperazine rings is 1. The minimum absolute atomic E-state index is 0.130. The van der Waals surface area contributed by atoms with Gasteiger partial charge in [-0.25, -0.2) is 13.4 Å². The molecule has 0 radical (unpaired) electrons. The summed E-state index contributed by atoms with van der Waals surface area (Å²) in [5.74, 6) is -0.269. The molecule has 12 heteroatoms. The third kappa shape index (κ3) is 4.11. The van der Waals surface area contributed by atoms with Crippen LogP contribution in [0, 0.1) is 0 Å². The quantitative estimate of drug-likeness (QED) is 0.405. The van der Waals surface area contributed by atoms with Gasteiger partial charge in [-0.1, -0.05) is 31.5 Å². The number of hydrogen-bond acceptors (Lipinski definition) is 8. The van der Waals surface area contributed by atoms with Crippen LogP contribution < -0.4 is 10.5 Å². The Labute approximate surface area is 206 Å². The summed E-state index contributed by atoms with van der Waals surface area (Å²) < 4.78 is 29.6. The van der Waals surface area contributed by atoms with Gasteiger partial charge in [-0.05, 0) is 18.6 Å².